The van der Waals surface area contributed by atoms with Gasteiger partial charge in [0.2, 0.25) is 11.8 Å². The Balaban J connectivity index is 1.45. The Morgan fingerprint density at radius 1 is 1.02 bits per heavy atom. The van der Waals surface area contributed by atoms with Gasteiger partial charge in [0.25, 0.3) is 5.91 Å². The number of hydrogen-bond acceptors (Lipinski definition) is 6. The number of carboxylic acid groups (broad SMARTS) is 1. The van der Waals surface area contributed by atoms with Gasteiger partial charge < -0.3 is 30.3 Å². The molecule has 3 rings (SSSR count). The van der Waals surface area contributed by atoms with Crippen LogP contribution >= 0.6 is 0 Å². The zero-order chi connectivity index (χ0) is 29.3. The number of carboxylic acids is 1. The number of carbonyl (C=O) groups excluding carboxylic acids is 4. The maximum Gasteiger partial charge on any atom is 0.410 e. The number of benzene rings is 1. The van der Waals surface area contributed by atoms with Crippen LogP contribution in [0, 0.1) is 11.8 Å². The summed E-state index contributed by atoms with van der Waals surface area (Å²) in [5.41, 5.74) is -0.220. The van der Waals surface area contributed by atoms with Gasteiger partial charge in [0, 0.05) is 38.3 Å². The predicted octanol–water partition coefficient (Wildman–Crippen LogP) is 2.43. The second-order valence-electron chi connectivity index (χ2n) is 11.3. The molecule has 0 aliphatic carbocycles. The van der Waals surface area contributed by atoms with Gasteiger partial charge in [-0.2, -0.15) is 0 Å². The molecular weight excluding hydrogens is 516 g/mol. The average molecular weight is 557 g/mol. The molecule has 0 unspecified atom stereocenters. The van der Waals surface area contributed by atoms with Gasteiger partial charge >= 0.3 is 12.1 Å². The van der Waals surface area contributed by atoms with Crippen molar-refractivity contribution >= 4 is 29.8 Å². The van der Waals surface area contributed by atoms with E-state index in [1.807, 2.05) is 26.8 Å². The van der Waals surface area contributed by atoms with Crippen LogP contribution in [-0.2, 0) is 19.1 Å². The van der Waals surface area contributed by atoms with Gasteiger partial charge in [-0.05, 0) is 70.6 Å². The molecular formula is C29H40N4O7. The minimum atomic E-state index is -1.29. The molecule has 0 spiro atoms. The highest BCUT2D eigenvalue weighted by Crippen LogP contribution is 2.22. The normalized spacial score (nSPS) is 19.1. The quantitative estimate of drug-likeness (QED) is 0.417. The van der Waals surface area contributed by atoms with Crippen LogP contribution in [0.2, 0.25) is 0 Å². The van der Waals surface area contributed by atoms with Crippen LogP contribution in [0.1, 0.15) is 56.8 Å². The smallest absolute Gasteiger partial charge is 0.410 e. The molecule has 2 atom stereocenters. The van der Waals surface area contributed by atoms with Crippen LogP contribution in [-0.4, -0.2) is 89.1 Å². The van der Waals surface area contributed by atoms with Crippen LogP contribution in [0.15, 0.2) is 42.5 Å². The molecule has 2 aliphatic rings. The Morgan fingerprint density at radius 2 is 1.70 bits per heavy atom. The van der Waals surface area contributed by atoms with Crippen molar-refractivity contribution in [3.8, 4) is 0 Å². The van der Waals surface area contributed by atoms with Gasteiger partial charge in [0.05, 0.1) is 5.92 Å². The van der Waals surface area contributed by atoms with E-state index in [-0.39, 0.29) is 36.9 Å². The molecule has 0 saturated carbocycles. The van der Waals surface area contributed by atoms with E-state index in [2.05, 4.69) is 10.6 Å². The van der Waals surface area contributed by atoms with Crippen molar-refractivity contribution < 1.29 is 33.8 Å². The first-order chi connectivity index (χ1) is 18.9. The third-order valence-corrected chi connectivity index (χ3v) is 6.93. The van der Waals surface area contributed by atoms with Gasteiger partial charge in [-0.15, -0.1) is 0 Å². The Morgan fingerprint density at radius 3 is 2.33 bits per heavy atom. The highest BCUT2D eigenvalue weighted by molar-refractivity contribution is 5.96. The van der Waals surface area contributed by atoms with Gasteiger partial charge in [-0.25, -0.2) is 9.59 Å². The van der Waals surface area contributed by atoms with Crippen molar-refractivity contribution in [2.24, 2.45) is 11.8 Å². The SMILES string of the molecule is CC(C)(C)OC(=O)N1CCC(/C=C/C(=O)N2CCC[C@@H](C(=O)NC[C@H](NC(=O)c3ccccc3)C(=O)O)C2)CC1. The number of likely N-dealkylation sites (tertiary alicyclic amines) is 2. The Hall–Kier alpha value is -3.89. The number of nitrogens with zero attached hydrogens (tertiary/aromatic N) is 2. The number of allylic oxidation sites excluding steroid dienone is 1. The lowest BCUT2D eigenvalue weighted by molar-refractivity contribution is -0.139. The van der Waals surface area contributed by atoms with Crippen LogP contribution in [0.3, 0.4) is 0 Å². The molecule has 2 saturated heterocycles. The summed E-state index contributed by atoms with van der Waals surface area (Å²) in [4.78, 5) is 65.2. The summed E-state index contributed by atoms with van der Waals surface area (Å²) < 4.78 is 5.42. The van der Waals surface area contributed by atoms with Crippen molar-refractivity contribution in [2.45, 2.75) is 58.1 Å². The zero-order valence-electron chi connectivity index (χ0n) is 23.4. The summed E-state index contributed by atoms with van der Waals surface area (Å²) in [6, 6.07) is 6.95. The minimum Gasteiger partial charge on any atom is -0.480 e. The fourth-order valence-electron chi connectivity index (χ4n) is 4.69. The van der Waals surface area contributed by atoms with Gasteiger partial charge in [0.1, 0.15) is 11.6 Å². The van der Waals surface area contributed by atoms with E-state index < -0.39 is 29.4 Å². The molecule has 0 aromatic heterocycles. The largest absolute Gasteiger partial charge is 0.480 e. The lowest BCUT2D eigenvalue weighted by Gasteiger charge is -2.33. The van der Waals surface area contributed by atoms with Crippen LogP contribution in [0.5, 0.6) is 0 Å². The summed E-state index contributed by atoms with van der Waals surface area (Å²) in [6.07, 6.45) is 5.81. The Bertz CT molecular complexity index is 1090. The van der Waals surface area contributed by atoms with E-state index in [1.165, 1.54) is 0 Å². The van der Waals surface area contributed by atoms with Crippen molar-refractivity contribution in [1.82, 2.24) is 20.4 Å². The van der Waals surface area contributed by atoms with E-state index in [0.29, 0.717) is 38.0 Å². The van der Waals surface area contributed by atoms with Crippen molar-refractivity contribution in [2.75, 3.05) is 32.7 Å². The molecule has 2 aliphatic heterocycles. The number of hydrogen-bond donors (Lipinski definition) is 3. The first-order valence-corrected chi connectivity index (χ1v) is 13.7. The topological polar surface area (TPSA) is 145 Å². The van der Waals surface area contributed by atoms with Crippen LogP contribution in [0.25, 0.3) is 0 Å². The Labute approximate surface area is 234 Å². The lowest BCUT2D eigenvalue weighted by atomic mass is 9.95. The molecule has 40 heavy (non-hydrogen) atoms. The number of aliphatic carboxylic acids is 1. The molecule has 1 aromatic carbocycles. The van der Waals surface area contributed by atoms with Crippen molar-refractivity contribution in [3.05, 3.63) is 48.0 Å². The maximum atomic E-state index is 12.8. The molecule has 0 radical (unpaired) electrons. The van der Waals surface area contributed by atoms with Crippen LogP contribution in [0.4, 0.5) is 4.79 Å². The molecule has 11 heteroatoms. The maximum absolute atomic E-state index is 12.8. The van der Waals surface area contributed by atoms with Gasteiger partial charge in [0.15, 0.2) is 0 Å². The third-order valence-electron chi connectivity index (χ3n) is 6.93. The first-order valence-electron chi connectivity index (χ1n) is 13.7. The number of amides is 4. The van der Waals surface area contributed by atoms with E-state index >= 15 is 0 Å². The minimum absolute atomic E-state index is 0.172. The zero-order valence-corrected chi connectivity index (χ0v) is 23.4. The summed E-state index contributed by atoms with van der Waals surface area (Å²) in [6.45, 7) is 7.13. The number of piperidine rings is 2. The number of ether oxygens (including phenoxy) is 1. The van der Waals surface area contributed by atoms with Crippen LogP contribution < -0.4 is 10.6 Å². The molecule has 2 fully saturated rings. The van der Waals surface area contributed by atoms with Gasteiger partial charge in [-0.3, -0.25) is 14.4 Å². The summed E-state index contributed by atoms with van der Waals surface area (Å²) >= 11 is 0. The van der Waals surface area contributed by atoms with E-state index in [1.54, 1.807) is 46.2 Å². The molecule has 4 amide bonds. The second kappa shape index (κ2) is 14.0. The first kappa shape index (κ1) is 30.6. The molecule has 1 aromatic rings. The van der Waals surface area contributed by atoms with Crippen molar-refractivity contribution in [1.29, 1.82) is 0 Å². The average Bonchev–Trinajstić information content (AvgIpc) is 2.93. The lowest BCUT2D eigenvalue weighted by Crippen LogP contribution is -2.51. The van der Waals surface area contributed by atoms with E-state index in [0.717, 1.165) is 12.8 Å². The van der Waals surface area contributed by atoms with Crippen molar-refractivity contribution in [3.63, 3.8) is 0 Å². The molecule has 0 bridgehead atoms. The standard InChI is InChI=1S/C29H40N4O7/c1-29(2,3)40-28(39)32-16-13-20(14-17-32)11-12-24(34)33-15-7-10-22(19-33)25(35)30-18-23(27(37)38)31-26(36)21-8-5-4-6-9-21/h4-6,8-9,11-12,20,22-23H,7,10,13-19H2,1-3H3,(H,30,35)(H,31,36)(H,37,38)/b12-11+/t22-,23+/m1/s1. The van der Waals surface area contributed by atoms with E-state index in [9.17, 15) is 29.1 Å². The number of nitrogens with one attached hydrogen (secondary N) is 2. The second-order valence-corrected chi connectivity index (χ2v) is 11.3. The highest BCUT2D eigenvalue weighted by atomic mass is 16.6. The summed E-state index contributed by atoms with van der Waals surface area (Å²) in [7, 11) is 0. The molecule has 11 nitrogen and oxygen atoms in total. The van der Waals surface area contributed by atoms with Gasteiger partial charge in [-0.1, -0.05) is 24.3 Å². The number of carbonyl (C=O) groups is 5. The number of rotatable bonds is 8. The van der Waals surface area contributed by atoms with E-state index in [4.69, 9.17) is 4.74 Å². The molecule has 3 N–H and O–H groups in total. The Kier molecular flexibility index (Phi) is 10.7. The molecule has 2 heterocycles. The fourth-order valence-corrected chi connectivity index (χ4v) is 4.69. The fraction of sp³-hybridized carbons (Fsp3) is 0.552. The highest BCUT2D eigenvalue weighted by Gasteiger charge is 2.30. The summed E-state index contributed by atoms with van der Waals surface area (Å²) in [5, 5.41) is 14.6. The third kappa shape index (κ3) is 9.39. The predicted molar refractivity (Wildman–Crippen MR) is 147 cm³/mol. The summed E-state index contributed by atoms with van der Waals surface area (Å²) in [5.74, 6) is -2.62. The monoisotopic (exact) mass is 556 g/mol. The molecule has 218 valence electrons.